The summed E-state index contributed by atoms with van der Waals surface area (Å²) in [6, 6.07) is 7.83. The Bertz CT molecular complexity index is 993. The van der Waals surface area contributed by atoms with Crippen LogP contribution in [0.4, 0.5) is 0 Å². The lowest BCUT2D eigenvalue weighted by Gasteiger charge is -2.02. The molecule has 0 saturated heterocycles. The van der Waals surface area contributed by atoms with E-state index in [0.717, 1.165) is 33.3 Å². The van der Waals surface area contributed by atoms with Crippen molar-refractivity contribution in [2.24, 2.45) is 0 Å². The predicted octanol–water partition coefficient (Wildman–Crippen LogP) is 2.73. The predicted molar refractivity (Wildman–Crippen MR) is 99.4 cm³/mol. The second-order valence-electron chi connectivity index (χ2n) is 5.71. The van der Waals surface area contributed by atoms with Crippen molar-refractivity contribution in [3.05, 3.63) is 59.8 Å². The van der Waals surface area contributed by atoms with E-state index in [1.807, 2.05) is 29.6 Å². The molecule has 2 N–H and O–H groups in total. The second-order valence-corrected chi connectivity index (χ2v) is 6.57. The van der Waals surface area contributed by atoms with Gasteiger partial charge < -0.3 is 10.3 Å². The quantitative estimate of drug-likeness (QED) is 0.548. The van der Waals surface area contributed by atoms with E-state index in [0.29, 0.717) is 19.4 Å². The number of imidazole rings is 1. The second kappa shape index (κ2) is 7.40. The fourth-order valence-electron chi connectivity index (χ4n) is 2.55. The number of amides is 1. The number of carbonyl (C=O) groups is 1. The molecule has 0 aliphatic carbocycles. The van der Waals surface area contributed by atoms with Gasteiger partial charge in [-0.05, 0) is 12.1 Å². The molecule has 8 heteroatoms. The Morgan fingerprint density at radius 3 is 2.96 bits per heavy atom. The molecule has 0 aliphatic heterocycles. The van der Waals surface area contributed by atoms with Gasteiger partial charge in [0.15, 0.2) is 0 Å². The Kier molecular flexibility index (Phi) is 4.65. The van der Waals surface area contributed by atoms with Crippen LogP contribution in [-0.2, 0) is 17.8 Å². The summed E-state index contributed by atoms with van der Waals surface area (Å²) in [5, 5.41) is 5.61. The summed E-state index contributed by atoms with van der Waals surface area (Å²) in [5.41, 5.74) is 3.46. The molecule has 0 unspecified atom stereocenters. The van der Waals surface area contributed by atoms with E-state index in [2.05, 4.69) is 30.2 Å². The lowest BCUT2D eigenvalue weighted by Crippen LogP contribution is -2.23. The molecule has 0 saturated carbocycles. The van der Waals surface area contributed by atoms with Gasteiger partial charge in [0.2, 0.25) is 5.91 Å². The van der Waals surface area contributed by atoms with E-state index in [1.165, 1.54) is 11.3 Å². The van der Waals surface area contributed by atoms with Gasteiger partial charge in [0.25, 0.3) is 0 Å². The van der Waals surface area contributed by atoms with Crippen molar-refractivity contribution >= 4 is 28.3 Å². The van der Waals surface area contributed by atoms with Crippen LogP contribution in [0.1, 0.15) is 17.9 Å². The number of thiazole rings is 1. The lowest BCUT2D eigenvalue weighted by atomic mass is 10.3. The molecule has 130 valence electrons. The highest BCUT2D eigenvalue weighted by atomic mass is 32.1. The normalized spacial score (nSPS) is 10.9. The number of aromatic amines is 1. The maximum absolute atomic E-state index is 12.1. The van der Waals surface area contributed by atoms with Crippen LogP contribution in [0.15, 0.2) is 48.2 Å². The number of para-hydroxylation sites is 2. The zero-order chi connectivity index (χ0) is 17.8. The SMILES string of the molecule is O=C(CCc1nc2ccccc2[nH]1)NCc1csc(-c2cnccn2)n1. The number of rotatable bonds is 6. The molecule has 1 aromatic carbocycles. The summed E-state index contributed by atoms with van der Waals surface area (Å²) in [5.74, 6) is 0.791. The van der Waals surface area contributed by atoms with E-state index in [9.17, 15) is 4.79 Å². The van der Waals surface area contributed by atoms with E-state index >= 15 is 0 Å². The monoisotopic (exact) mass is 364 g/mol. The number of fused-ring (bicyclic) bond motifs is 1. The molecule has 0 aliphatic rings. The van der Waals surface area contributed by atoms with Gasteiger partial charge >= 0.3 is 0 Å². The van der Waals surface area contributed by atoms with Gasteiger partial charge in [-0.1, -0.05) is 12.1 Å². The van der Waals surface area contributed by atoms with E-state index < -0.39 is 0 Å². The molecule has 0 spiro atoms. The number of aryl methyl sites for hydroxylation is 1. The molecule has 1 amide bonds. The van der Waals surface area contributed by atoms with Crippen molar-refractivity contribution < 1.29 is 4.79 Å². The molecule has 7 nitrogen and oxygen atoms in total. The Labute approximate surface area is 153 Å². The minimum atomic E-state index is -0.0282. The molecular formula is C18H16N6OS. The van der Waals surface area contributed by atoms with Crippen LogP contribution in [0, 0.1) is 0 Å². The molecule has 3 heterocycles. The Morgan fingerprint density at radius 2 is 2.12 bits per heavy atom. The molecule has 0 atom stereocenters. The van der Waals surface area contributed by atoms with Crippen LogP contribution in [0.3, 0.4) is 0 Å². The molecule has 26 heavy (non-hydrogen) atoms. The van der Waals surface area contributed by atoms with Gasteiger partial charge in [-0.2, -0.15) is 0 Å². The van der Waals surface area contributed by atoms with Crippen molar-refractivity contribution in [1.29, 1.82) is 0 Å². The molecule has 0 bridgehead atoms. The van der Waals surface area contributed by atoms with E-state index in [1.54, 1.807) is 18.6 Å². The smallest absolute Gasteiger partial charge is 0.220 e. The zero-order valence-electron chi connectivity index (χ0n) is 13.8. The number of hydrogen-bond acceptors (Lipinski definition) is 6. The van der Waals surface area contributed by atoms with Crippen LogP contribution < -0.4 is 5.32 Å². The number of nitrogens with one attached hydrogen (secondary N) is 2. The Morgan fingerprint density at radius 1 is 1.19 bits per heavy atom. The van der Waals surface area contributed by atoms with Crippen molar-refractivity contribution in [1.82, 2.24) is 30.2 Å². The Hall–Kier alpha value is -3.13. The summed E-state index contributed by atoms with van der Waals surface area (Å²) in [4.78, 5) is 32.5. The first kappa shape index (κ1) is 16.3. The largest absolute Gasteiger partial charge is 0.350 e. The molecule has 3 aromatic heterocycles. The Balaban J connectivity index is 1.29. The van der Waals surface area contributed by atoms with E-state index in [4.69, 9.17) is 0 Å². The third kappa shape index (κ3) is 3.75. The summed E-state index contributed by atoms with van der Waals surface area (Å²) in [6.45, 7) is 0.399. The highest BCUT2D eigenvalue weighted by Crippen LogP contribution is 2.20. The number of H-pyrrole nitrogens is 1. The summed E-state index contributed by atoms with van der Waals surface area (Å²) in [7, 11) is 0. The number of nitrogens with zero attached hydrogens (tertiary/aromatic N) is 4. The lowest BCUT2D eigenvalue weighted by molar-refractivity contribution is -0.121. The fraction of sp³-hybridized carbons (Fsp3) is 0.167. The third-order valence-electron chi connectivity index (χ3n) is 3.83. The number of carbonyl (C=O) groups excluding carboxylic acids is 1. The molecule has 0 fully saturated rings. The van der Waals surface area contributed by atoms with Crippen LogP contribution in [0.25, 0.3) is 21.7 Å². The van der Waals surface area contributed by atoms with Crippen molar-refractivity contribution in [3.63, 3.8) is 0 Å². The average Bonchev–Trinajstić information content (AvgIpc) is 3.32. The summed E-state index contributed by atoms with van der Waals surface area (Å²) < 4.78 is 0. The van der Waals surface area contributed by atoms with E-state index in [-0.39, 0.29) is 5.91 Å². The number of aromatic nitrogens is 5. The standard InChI is InChI=1S/C18H16N6OS/c25-17(6-5-16-23-13-3-1-2-4-14(13)24-16)21-9-12-11-26-18(22-12)15-10-19-7-8-20-15/h1-4,7-8,10-11H,5-6,9H2,(H,21,25)(H,23,24). The summed E-state index contributed by atoms with van der Waals surface area (Å²) >= 11 is 1.49. The highest BCUT2D eigenvalue weighted by molar-refractivity contribution is 7.13. The zero-order valence-corrected chi connectivity index (χ0v) is 14.7. The molecule has 0 radical (unpaired) electrons. The van der Waals surface area contributed by atoms with Crippen molar-refractivity contribution in [2.45, 2.75) is 19.4 Å². The molecule has 4 aromatic rings. The first-order valence-electron chi connectivity index (χ1n) is 8.19. The van der Waals surface area contributed by atoms with Gasteiger partial charge in [-0.25, -0.2) is 9.97 Å². The summed E-state index contributed by atoms with van der Waals surface area (Å²) in [6.07, 6.45) is 5.88. The van der Waals surface area contributed by atoms with Crippen molar-refractivity contribution in [3.8, 4) is 10.7 Å². The average molecular weight is 364 g/mol. The van der Waals surface area contributed by atoms with Crippen LogP contribution in [0.5, 0.6) is 0 Å². The third-order valence-corrected chi connectivity index (χ3v) is 4.74. The molecular weight excluding hydrogens is 348 g/mol. The first-order chi connectivity index (χ1) is 12.8. The first-order valence-corrected chi connectivity index (χ1v) is 9.07. The van der Waals surface area contributed by atoms with Crippen LogP contribution in [0.2, 0.25) is 0 Å². The van der Waals surface area contributed by atoms with Crippen LogP contribution in [-0.4, -0.2) is 30.8 Å². The van der Waals surface area contributed by atoms with Gasteiger partial charge in [-0.15, -0.1) is 11.3 Å². The topological polar surface area (TPSA) is 96.5 Å². The maximum Gasteiger partial charge on any atom is 0.220 e. The number of hydrogen-bond donors (Lipinski definition) is 2. The fourth-order valence-corrected chi connectivity index (χ4v) is 3.33. The van der Waals surface area contributed by atoms with Gasteiger partial charge in [0.1, 0.15) is 16.5 Å². The minimum Gasteiger partial charge on any atom is -0.350 e. The highest BCUT2D eigenvalue weighted by Gasteiger charge is 2.09. The molecule has 4 rings (SSSR count). The van der Waals surface area contributed by atoms with Gasteiger partial charge in [-0.3, -0.25) is 14.8 Å². The van der Waals surface area contributed by atoms with Crippen molar-refractivity contribution in [2.75, 3.05) is 0 Å². The van der Waals surface area contributed by atoms with Gasteiger partial charge in [0, 0.05) is 30.6 Å². The number of benzene rings is 1. The minimum absolute atomic E-state index is 0.0282. The van der Waals surface area contributed by atoms with Crippen LogP contribution >= 0.6 is 11.3 Å². The van der Waals surface area contributed by atoms with Gasteiger partial charge in [0.05, 0.1) is 29.5 Å². The maximum atomic E-state index is 12.1.